The van der Waals surface area contributed by atoms with Gasteiger partial charge in [0.25, 0.3) is 0 Å². The average molecular weight is 307 g/mol. The molecule has 1 saturated heterocycles. The fourth-order valence-corrected chi connectivity index (χ4v) is 3.99. The Balaban J connectivity index is 2.26. The summed E-state index contributed by atoms with van der Waals surface area (Å²) in [6.07, 6.45) is 1.41. The first kappa shape index (κ1) is 14.7. The molecule has 0 amide bonds. The molecule has 0 spiro atoms. The lowest BCUT2D eigenvalue weighted by Crippen LogP contribution is -2.40. The molecule has 1 fully saturated rings. The molecular weight excluding hydrogens is 291 g/mol. The molecule has 2 rings (SSSR count). The van der Waals surface area contributed by atoms with Gasteiger partial charge in [-0.3, -0.25) is 0 Å². The molecule has 1 heterocycles. The lowest BCUT2D eigenvalue weighted by molar-refractivity contribution is 0.278. The third-order valence-electron chi connectivity index (χ3n) is 3.44. The number of sulfonamides is 1. The van der Waals surface area contributed by atoms with E-state index in [4.69, 9.17) is 17.3 Å². The van der Waals surface area contributed by atoms with Gasteiger partial charge in [0.05, 0.1) is 5.02 Å². The molecule has 2 N–H and O–H groups in total. The zero-order valence-corrected chi connectivity index (χ0v) is 11.9. The number of piperidine rings is 1. The zero-order valence-electron chi connectivity index (χ0n) is 10.4. The molecular formula is C12H16ClFN2O2S. The van der Waals surface area contributed by atoms with Crippen LogP contribution in [0.4, 0.5) is 4.39 Å². The van der Waals surface area contributed by atoms with Gasteiger partial charge in [-0.2, -0.15) is 4.31 Å². The topological polar surface area (TPSA) is 63.4 Å². The third-order valence-corrected chi connectivity index (χ3v) is 5.65. The van der Waals surface area contributed by atoms with Gasteiger partial charge in [-0.25, -0.2) is 12.8 Å². The largest absolute Gasteiger partial charge is 0.330 e. The molecule has 0 radical (unpaired) electrons. The summed E-state index contributed by atoms with van der Waals surface area (Å²) in [5.74, 6) is -0.541. The van der Waals surface area contributed by atoms with Crippen LogP contribution in [0.3, 0.4) is 0 Å². The Morgan fingerprint density at radius 1 is 1.37 bits per heavy atom. The summed E-state index contributed by atoms with van der Waals surface area (Å²) in [4.78, 5) is -0.355. The van der Waals surface area contributed by atoms with E-state index in [9.17, 15) is 12.8 Å². The van der Waals surface area contributed by atoms with Gasteiger partial charge in [-0.1, -0.05) is 17.7 Å². The highest BCUT2D eigenvalue weighted by Crippen LogP contribution is 2.27. The van der Waals surface area contributed by atoms with Crippen LogP contribution < -0.4 is 5.73 Å². The SMILES string of the molecule is NCC1CCN(S(=O)(=O)c2cccc(Cl)c2F)CC1. The molecule has 0 aliphatic carbocycles. The molecule has 0 atom stereocenters. The van der Waals surface area contributed by atoms with E-state index in [-0.39, 0.29) is 9.92 Å². The minimum absolute atomic E-state index is 0.182. The van der Waals surface area contributed by atoms with Crippen LogP contribution in [0.15, 0.2) is 23.1 Å². The van der Waals surface area contributed by atoms with Crippen molar-refractivity contribution in [3.63, 3.8) is 0 Å². The van der Waals surface area contributed by atoms with Crippen molar-refractivity contribution < 1.29 is 12.8 Å². The molecule has 4 nitrogen and oxygen atoms in total. The molecule has 0 aromatic heterocycles. The van der Waals surface area contributed by atoms with Gasteiger partial charge in [0.1, 0.15) is 4.90 Å². The number of halogens is 2. The summed E-state index contributed by atoms with van der Waals surface area (Å²) >= 11 is 5.63. The number of hydrogen-bond acceptors (Lipinski definition) is 3. The molecule has 1 aromatic rings. The summed E-state index contributed by atoms with van der Waals surface area (Å²) < 4.78 is 39.8. The lowest BCUT2D eigenvalue weighted by atomic mass is 9.99. The van der Waals surface area contributed by atoms with Gasteiger partial charge in [-0.05, 0) is 37.4 Å². The second-order valence-corrected chi connectivity index (χ2v) is 6.95. The van der Waals surface area contributed by atoms with E-state index in [1.807, 2.05) is 0 Å². The maximum atomic E-state index is 13.8. The van der Waals surface area contributed by atoms with E-state index in [2.05, 4.69) is 0 Å². The molecule has 1 aliphatic heterocycles. The number of nitrogens with zero attached hydrogens (tertiary/aromatic N) is 1. The van der Waals surface area contributed by atoms with Crippen molar-refractivity contribution in [1.82, 2.24) is 4.31 Å². The van der Waals surface area contributed by atoms with Gasteiger partial charge in [0.15, 0.2) is 5.82 Å². The highest BCUT2D eigenvalue weighted by Gasteiger charge is 2.31. The second-order valence-electron chi connectivity index (χ2n) is 4.64. The van der Waals surface area contributed by atoms with Gasteiger partial charge >= 0.3 is 0 Å². The van der Waals surface area contributed by atoms with Crippen LogP contribution in [0.25, 0.3) is 0 Å². The van der Waals surface area contributed by atoms with E-state index >= 15 is 0 Å². The van der Waals surface area contributed by atoms with E-state index in [0.717, 1.165) is 0 Å². The predicted octanol–water partition coefficient (Wildman–Crippen LogP) is 1.84. The Bertz CT molecular complexity index is 557. The first-order chi connectivity index (χ1) is 8.96. The molecule has 106 valence electrons. The first-order valence-corrected chi connectivity index (χ1v) is 7.93. The summed E-state index contributed by atoms with van der Waals surface area (Å²) in [5.41, 5.74) is 5.57. The Morgan fingerprint density at radius 3 is 2.58 bits per heavy atom. The van der Waals surface area contributed by atoms with E-state index in [1.54, 1.807) is 0 Å². The van der Waals surface area contributed by atoms with Crippen LogP contribution >= 0.6 is 11.6 Å². The van der Waals surface area contributed by atoms with E-state index < -0.39 is 15.8 Å². The van der Waals surface area contributed by atoms with Gasteiger partial charge in [-0.15, -0.1) is 0 Å². The number of benzene rings is 1. The maximum Gasteiger partial charge on any atom is 0.246 e. The van der Waals surface area contributed by atoms with E-state index in [1.165, 1.54) is 22.5 Å². The molecule has 0 bridgehead atoms. The van der Waals surface area contributed by atoms with Crippen LogP contribution in [0.2, 0.25) is 5.02 Å². The van der Waals surface area contributed by atoms with Crippen LogP contribution in [0.1, 0.15) is 12.8 Å². The van der Waals surface area contributed by atoms with Crippen molar-refractivity contribution in [3.05, 3.63) is 29.0 Å². The monoisotopic (exact) mass is 306 g/mol. The minimum Gasteiger partial charge on any atom is -0.330 e. The highest BCUT2D eigenvalue weighted by molar-refractivity contribution is 7.89. The Labute approximate surface area is 117 Å². The number of hydrogen-bond donors (Lipinski definition) is 1. The fourth-order valence-electron chi connectivity index (χ4n) is 2.21. The van der Waals surface area contributed by atoms with Crippen molar-refractivity contribution in [2.45, 2.75) is 17.7 Å². The van der Waals surface area contributed by atoms with Crippen molar-refractivity contribution >= 4 is 21.6 Å². The fraction of sp³-hybridized carbons (Fsp3) is 0.500. The smallest absolute Gasteiger partial charge is 0.246 e. The third kappa shape index (κ3) is 2.91. The Morgan fingerprint density at radius 2 is 2.00 bits per heavy atom. The van der Waals surface area contributed by atoms with Crippen molar-refractivity contribution in [3.8, 4) is 0 Å². The normalized spacial score (nSPS) is 18.7. The quantitative estimate of drug-likeness (QED) is 0.927. The first-order valence-electron chi connectivity index (χ1n) is 6.11. The Kier molecular flexibility index (Phi) is 4.45. The summed E-state index contributed by atoms with van der Waals surface area (Å²) in [6, 6.07) is 4.01. The predicted molar refractivity (Wildman–Crippen MR) is 71.9 cm³/mol. The van der Waals surface area contributed by atoms with E-state index in [0.29, 0.717) is 38.4 Å². The summed E-state index contributed by atoms with van der Waals surface area (Å²) in [7, 11) is -3.81. The van der Waals surface area contributed by atoms with Crippen LogP contribution in [0, 0.1) is 11.7 Å². The molecule has 1 aliphatic rings. The maximum absolute atomic E-state index is 13.8. The lowest BCUT2D eigenvalue weighted by Gasteiger charge is -2.30. The standard InChI is InChI=1S/C12H16ClFN2O2S/c13-10-2-1-3-11(12(10)14)19(17,18)16-6-4-9(8-15)5-7-16/h1-3,9H,4-8,15H2. The van der Waals surface area contributed by atoms with Gasteiger partial charge in [0.2, 0.25) is 10.0 Å². The van der Waals surface area contributed by atoms with Crippen LogP contribution in [-0.4, -0.2) is 32.4 Å². The second kappa shape index (κ2) is 5.75. The molecule has 0 unspecified atom stereocenters. The summed E-state index contributed by atoms with van der Waals surface area (Å²) in [5, 5.41) is -0.182. The number of nitrogens with two attached hydrogens (primary N) is 1. The van der Waals surface area contributed by atoms with Crippen molar-refractivity contribution in [2.75, 3.05) is 19.6 Å². The number of rotatable bonds is 3. The highest BCUT2D eigenvalue weighted by atomic mass is 35.5. The van der Waals surface area contributed by atoms with Crippen molar-refractivity contribution in [1.29, 1.82) is 0 Å². The zero-order chi connectivity index (χ0) is 14.0. The minimum atomic E-state index is -3.81. The molecule has 19 heavy (non-hydrogen) atoms. The molecule has 7 heteroatoms. The van der Waals surface area contributed by atoms with Crippen LogP contribution in [0.5, 0.6) is 0 Å². The summed E-state index contributed by atoms with van der Waals surface area (Å²) in [6.45, 7) is 1.30. The molecule has 1 aromatic carbocycles. The van der Waals surface area contributed by atoms with Gasteiger partial charge in [0, 0.05) is 13.1 Å². The Hall–Kier alpha value is -0.690. The van der Waals surface area contributed by atoms with Crippen LogP contribution in [-0.2, 0) is 10.0 Å². The average Bonchev–Trinajstić information content (AvgIpc) is 2.41. The molecule has 0 saturated carbocycles. The van der Waals surface area contributed by atoms with Gasteiger partial charge < -0.3 is 5.73 Å². The van der Waals surface area contributed by atoms with Crippen molar-refractivity contribution in [2.24, 2.45) is 11.7 Å².